The number of hydrogen-bond donors (Lipinski definition) is 1. The lowest BCUT2D eigenvalue weighted by Crippen LogP contribution is -2.23. The van der Waals surface area contributed by atoms with Crippen molar-refractivity contribution in [3.05, 3.63) is 62.0 Å². The second-order valence-electron chi connectivity index (χ2n) is 4.16. The fraction of sp³-hybridized carbons (Fsp3) is 0.154. The van der Waals surface area contributed by atoms with Gasteiger partial charge in [-0.25, -0.2) is 8.78 Å². The maximum atomic E-state index is 13.5. The molecule has 2 aromatic rings. The van der Waals surface area contributed by atoms with Gasteiger partial charge in [0.05, 0.1) is 16.7 Å². The molecule has 2 N–H and O–H groups in total. The van der Waals surface area contributed by atoms with E-state index in [1.54, 1.807) is 6.92 Å². The molecule has 0 atom stereocenters. The van der Waals surface area contributed by atoms with Crippen LogP contribution in [0.5, 0.6) is 0 Å². The highest BCUT2D eigenvalue weighted by Crippen LogP contribution is 2.19. The van der Waals surface area contributed by atoms with Gasteiger partial charge in [0.25, 0.3) is 5.56 Å². The van der Waals surface area contributed by atoms with E-state index in [2.05, 4.69) is 15.9 Å². The second kappa shape index (κ2) is 5.13. The van der Waals surface area contributed by atoms with Gasteiger partial charge in [0, 0.05) is 11.8 Å². The molecule has 0 saturated heterocycles. The minimum Gasteiger partial charge on any atom is -0.397 e. The Morgan fingerprint density at radius 2 is 1.89 bits per heavy atom. The number of rotatable bonds is 2. The number of nitrogen functional groups attached to an aromatic ring is 1. The second-order valence-corrected chi connectivity index (χ2v) is 4.95. The predicted molar refractivity (Wildman–Crippen MR) is 73.0 cm³/mol. The first-order valence-corrected chi connectivity index (χ1v) is 6.29. The molecule has 100 valence electrons. The van der Waals surface area contributed by atoms with Crippen LogP contribution in [0.25, 0.3) is 0 Å². The van der Waals surface area contributed by atoms with E-state index < -0.39 is 11.6 Å². The minimum atomic E-state index is -0.692. The van der Waals surface area contributed by atoms with E-state index in [-0.39, 0.29) is 17.7 Å². The van der Waals surface area contributed by atoms with E-state index >= 15 is 0 Å². The molecule has 19 heavy (non-hydrogen) atoms. The highest BCUT2D eigenvalue weighted by Gasteiger charge is 2.13. The van der Waals surface area contributed by atoms with Crippen molar-refractivity contribution in [1.82, 2.24) is 4.57 Å². The molecule has 0 aliphatic heterocycles. The van der Waals surface area contributed by atoms with Crippen molar-refractivity contribution >= 4 is 21.6 Å². The van der Waals surface area contributed by atoms with Gasteiger partial charge in [0.1, 0.15) is 11.6 Å². The van der Waals surface area contributed by atoms with E-state index in [0.29, 0.717) is 15.7 Å². The van der Waals surface area contributed by atoms with E-state index in [1.807, 2.05) is 0 Å². The Morgan fingerprint density at radius 3 is 2.47 bits per heavy atom. The molecule has 0 radical (unpaired) electrons. The normalized spacial score (nSPS) is 10.7. The maximum absolute atomic E-state index is 13.5. The largest absolute Gasteiger partial charge is 0.397 e. The number of aromatic nitrogens is 1. The van der Waals surface area contributed by atoms with Gasteiger partial charge in [-0.3, -0.25) is 4.79 Å². The van der Waals surface area contributed by atoms with E-state index in [1.165, 1.54) is 16.8 Å². The smallest absolute Gasteiger partial charge is 0.265 e. The van der Waals surface area contributed by atoms with Crippen LogP contribution in [0, 0.1) is 18.6 Å². The summed E-state index contributed by atoms with van der Waals surface area (Å²) in [7, 11) is 0. The molecule has 0 spiro atoms. The van der Waals surface area contributed by atoms with E-state index in [9.17, 15) is 13.6 Å². The number of pyridine rings is 1. The Bertz CT molecular complexity index is 678. The van der Waals surface area contributed by atoms with Gasteiger partial charge in [-0.2, -0.15) is 0 Å². The van der Waals surface area contributed by atoms with Crippen molar-refractivity contribution in [3.63, 3.8) is 0 Å². The SMILES string of the molecule is Cc1c(N)cn(Cc2c(F)cccc2F)c(=O)c1Br. The topological polar surface area (TPSA) is 48.0 Å². The molecule has 0 aliphatic carbocycles. The first-order valence-electron chi connectivity index (χ1n) is 5.49. The van der Waals surface area contributed by atoms with Gasteiger partial charge in [-0.05, 0) is 40.5 Å². The van der Waals surface area contributed by atoms with Crippen molar-refractivity contribution < 1.29 is 8.78 Å². The summed E-state index contributed by atoms with van der Waals surface area (Å²) < 4.78 is 28.6. The summed E-state index contributed by atoms with van der Waals surface area (Å²) in [6.07, 6.45) is 1.38. The van der Waals surface area contributed by atoms with Crippen molar-refractivity contribution in [1.29, 1.82) is 0 Å². The molecule has 0 aliphatic rings. The molecular formula is C13H11BrF2N2O. The first kappa shape index (κ1) is 13.7. The third kappa shape index (κ3) is 2.53. The summed E-state index contributed by atoms with van der Waals surface area (Å²) in [6.45, 7) is 1.48. The van der Waals surface area contributed by atoms with Gasteiger partial charge in [-0.15, -0.1) is 0 Å². The van der Waals surface area contributed by atoms with Gasteiger partial charge in [-0.1, -0.05) is 6.07 Å². The first-order chi connectivity index (χ1) is 8.91. The zero-order chi connectivity index (χ0) is 14.2. The molecule has 0 amide bonds. The number of nitrogens with zero attached hydrogens (tertiary/aromatic N) is 1. The van der Waals surface area contributed by atoms with Crippen LogP contribution in [0.3, 0.4) is 0 Å². The van der Waals surface area contributed by atoms with Crippen LogP contribution >= 0.6 is 15.9 Å². The Balaban J connectivity index is 2.54. The number of nitrogens with two attached hydrogens (primary N) is 1. The van der Waals surface area contributed by atoms with E-state index in [0.717, 1.165) is 12.1 Å². The molecule has 3 nitrogen and oxygen atoms in total. The molecule has 0 bridgehead atoms. The van der Waals surface area contributed by atoms with Crippen LogP contribution in [0.15, 0.2) is 33.7 Å². The third-order valence-corrected chi connectivity index (χ3v) is 3.83. The molecule has 1 aromatic heterocycles. The van der Waals surface area contributed by atoms with Crippen LogP contribution in [0.2, 0.25) is 0 Å². The van der Waals surface area contributed by atoms with Crippen LogP contribution in [-0.2, 0) is 6.54 Å². The molecule has 6 heteroatoms. The number of halogens is 3. The summed E-state index contributed by atoms with van der Waals surface area (Å²) in [6, 6.07) is 3.57. The molecule has 2 rings (SSSR count). The summed E-state index contributed by atoms with van der Waals surface area (Å²) in [4.78, 5) is 12.0. The summed E-state index contributed by atoms with van der Waals surface area (Å²) in [5.41, 5.74) is 6.18. The van der Waals surface area contributed by atoms with Crippen LogP contribution in [0.1, 0.15) is 11.1 Å². The van der Waals surface area contributed by atoms with Crippen molar-refractivity contribution in [2.45, 2.75) is 13.5 Å². The molecule has 0 unspecified atom stereocenters. The van der Waals surface area contributed by atoms with Crippen molar-refractivity contribution in [2.75, 3.05) is 5.73 Å². The zero-order valence-corrected chi connectivity index (χ0v) is 11.7. The highest BCUT2D eigenvalue weighted by molar-refractivity contribution is 9.10. The van der Waals surface area contributed by atoms with Crippen LogP contribution < -0.4 is 11.3 Å². The maximum Gasteiger partial charge on any atom is 0.265 e. The standard InChI is InChI=1S/C13H11BrF2N2O/c1-7-11(17)6-18(13(19)12(7)14)5-8-9(15)3-2-4-10(8)16/h2-4,6H,5,17H2,1H3. The highest BCUT2D eigenvalue weighted by atomic mass is 79.9. The summed E-state index contributed by atoms with van der Waals surface area (Å²) >= 11 is 3.13. The van der Waals surface area contributed by atoms with Crippen LogP contribution in [-0.4, -0.2) is 4.57 Å². The minimum absolute atomic E-state index is 0.167. The van der Waals surface area contributed by atoms with Gasteiger partial charge < -0.3 is 10.3 Å². The van der Waals surface area contributed by atoms with Crippen molar-refractivity contribution in [3.8, 4) is 0 Å². The fourth-order valence-corrected chi connectivity index (χ4v) is 2.16. The van der Waals surface area contributed by atoms with E-state index in [4.69, 9.17) is 5.73 Å². The molecule has 0 saturated carbocycles. The third-order valence-electron chi connectivity index (χ3n) is 2.90. The molecule has 0 fully saturated rings. The zero-order valence-electron chi connectivity index (χ0n) is 10.1. The Kier molecular flexibility index (Phi) is 3.71. The van der Waals surface area contributed by atoms with Gasteiger partial charge in [0.2, 0.25) is 0 Å². The number of anilines is 1. The Hall–Kier alpha value is -1.69. The predicted octanol–water partition coefficient (Wildman–Crippen LogP) is 2.83. The summed E-state index contributed by atoms with van der Waals surface area (Å²) in [5, 5.41) is 0. The number of hydrogen-bond acceptors (Lipinski definition) is 2. The van der Waals surface area contributed by atoms with Gasteiger partial charge in [0.15, 0.2) is 0 Å². The Morgan fingerprint density at radius 1 is 1.32 bits per heavy atom. The monoisotopic (exact) mass is 328 g/mol. The average molecular weight is 329 g/mol. The van der Waals surface area contributed by atoms with Crippen molar-refractivity contribution in [2.24, 2.45) is 0 Å². The molecular weight excluding hydrogens is 318 g/mol. The average Bonchev–Trinajstić information content (AvgIpc) is 2.37. The Labute approximate surface area is 116 Å². The lowest BCUT2D eigenvalue weighted by molar-refractivity contribution is 0.541. The lowest BCUT2D eigenvalue weighted by Gasteiger charge is -2.11. The fourth-order valence-electron chi connectivity index (χ4n) is 1.71. The van der Waals surface area contributed by atoms with Gasteiger partial charge >= 0.3 is 0 Å². The number of benzene rings is 1. The van der Waals surface area contributed by atoms with Crippen LogP contribution in [0.4, 0.5) is 14.5 Å². The molecule has 1 aromatic carbocycles. The lowest BCUT2D eigenvalue weighted by atomic mass is 10.2. The summed E-state index contributed by atoms with van der Waals surface area (Å²) in [5.74, 6) is -1.38. The molecule has 1 heterocycles. The quantitative estimate of drug-likeness (QED) is 0.921.